The first-order valence-corrected chi connectivity index (χ1v) is 13.7. The minimum Gasteiger partial charge on any atom is -0.508 e. The number of hydrogen-bond donors (Lipinski definition) is 2. The van der Waals surface area contributed by atoms with Crippen molar-refractivity contribution in [3.05, 3.63) is 47.7 Å². The number of nitrogens with one attached hydrogen (secondary N) is 1. The van der Waals surface area contributed by atoms with E-state index in [1.165, 1.54) is 12.0 Å². The fourth-order valence-electron chi connectivity index (χ4n) is 6.11. The Kier molecular flexibility index (Phi) is 6.55. The SMILES string of the molecule is C[C@@H]1CN(c2nc(OC[C@@H]3CCCN3C)nc3c2CCN(c2cc(O)cc4ccccc24)C3)[C@@H](C)CN1. The van der Waals surface area contributed by atoms with Gasteiger partial charge >= 0.3 is 6.01 Å². The summed E-state index contributed by atoms with van der Waals surface area (Å²) in [6.45, 7) is 9.58. The maximum atomic E-state index is 10.5. The fourth-order valence-corrected chi connectivity index (χ4v) is 6.11. The number of fused-ring (bicyclic) bond motifs is 2. The van der Waals surface area contributed by atoms with Crippen molar-refractivity contribution in [3.8, 4) is 11.8 Å². The number of rotatable bonds is 5. The average Bonchev–Trinajstić information content (AvgIpc) is 3.32. The molecule has 3 atom stereocenters. The number of aromatic hydroxyl groups is 1. The molecule has 8 heteroatoms. The summed E-state index contributed by atoms with van der Waals surface area (Å²) < 4.78 is 6.29. The second-order valence-electron chi connectivity index (χ2n) is 11.0. The Balaban J connectivity index is 1.36. The fraction of sp³-hybridized carbons (Fsp3) is 0.517. The van der Waals surface area contributed by atoms with Crippen LogP contribution < -0.4 is 19.9 Å². The van der Waals surface area contributed by atoms with Crippen molar-refractivity contribution in [2.24, 2.45) is 0 Å². The highest BCUT2D eigenvalue weighted by Crippen LogP contribution is 2.37. The molecule has 8 nitrogen and oxygen atoms in total. The van der Waals surface area contributed by atoms with Gasteiger partial charge < -0.3 is 29.9 Å². The molecule has 0 saturated carbocycles. The van der Waals surface area contributed by atoms with E-state index in [-0.39, 0.29) is 5.75 Å². The molecule has 4 heterocycles. The van der Waals surface area contributed by atoms with Gasteiger partial charge in [0.15, 0.2) is 0 Å². The van der Waals surface area contributed by atoms with Crippen molar-refractivity contribution >= 4 is 22.3 Å². The van der Waals surface area contributed by atoms with Crippen molar-refractivity contribution in [1.82, 2.24) is 20.2 Å². The summed E-state index contributed by atoms with van der Waals surface area (Å²) in [6, 6.07) is 13.6. The van der Waals surface area contributed by atoms with E-state index in [0.717, 1.165) is 67.0 Å². The number of likely N-dealkylation sites (tertiary alicyclic amines) is 1. The monoisotopic (exact) mass is 502 g/mol. The number of piperazine rings is 1. The van der Waals surface area contributed by atoms with Crippen molar-refractivity contribution in [2.75, 3.05) is 49.6 Å². The third-order valence-corrected chi connectivity index (χ3v) is 8.30. The summed E-state index contributed by atoms with van der Waals surface area (Å²) in [4.78, 5) is 17.2. The van der Waals surface area contributed by atoms with Crippen LogP contribution in [0.25, 0.3) is 10.8 Å². The Morgan fingerprint density at radius 2 is 2.00 bits per heavy atom. The molecular formula is C29H38N6O2. The van der Waals surface area contributed by atoms with Crippen LogP contribution in [-0.2, 0) is 13.0 Å². The van der Waals surface area contributed by atoms with Crippen LogP contribution >= 0.6 is 0 Å². The summed E-state index contributed by atoms with van der Waals surface area (Å²) >= 11 is 0. The molecule has 2 saturated heterocycles. The van der Waals surface area contributed by atoms with E-state index in [9.17, 15) is 5.11 Å². The van der Waals surface area contributed by atoms with E-state index in [1.54, 1.807) is 0 Å². The topological polar surface area (TPSA) is 77.0 Å². The molecule has 2 fully saturated rings. The van der Waals surface area contributed by atoms with Gasteiger partial charge in [0.05, 0.1) is 12.2 Å². The van der Waals surface area contributed by atoms with Crippen LogP contribution in [0, 0.1) is 0 Å². The Bertz CT molecular complexity index is 1280. The van der Waals surface area contributed by atoms with Crippen LogP contribution in [0.1, 0.15) is 37.9 Å². The molecule has 196 valence electrons. The van der Waals surface area contributed by atoms with Crippen molar-refractivity contribution in [3.63, 3.8) is 0 Å². The molecule has 6 rings (SSSR count). The largest absolute Gasteiger partial charge is 0.508 e. The molecule has 0 spiro atoms. The zero-order valence-electron chi connectivity index (χ0n) is 22.2. The van der Waals surface area contributed by atoms with E-state index in [2.05, 4.69) is 59.1 Å². The molecule has 3 aliphatic heterocycles. The van der Waals surface area contributed by atoms with Gasteiger partial charge in [0.25, 0.3) is 0 Å². The maximum absolute atomic E-state index is 10.5. The van der Waals surface area contributed by atoms with Crippen LogP contribution in [0.15, 0.2) is 36.4 Å². The van der Waals surface area contributed by atoms with Gasteiger partial charge in [-0.05, 0) is 58.2 Å². The highest BCUT2D eigenvalue weighted by atomic mass is 16.5. The number of aromatic nitrogens is 2. The second-order valence-corrected chi connectivity index (χ2v) is 11.0. The number of nitrogens with zero attached hydrogens (tertiary/aromatic N) is 5. The predicted molar refractivity (Wildman–Crippen MR) is 148 cm³/mol. The summed E-state index contributed by atoms with van der Waals surface area (Å²) in [6.07, 6.45) is 3.22. The molecule has 0 bridgehead atoms. The number of benzene rings is 2. The van der Waals surface area contributed by atoms with E-state index >= 15 is 0 Å². The minimum absolute atomic E-state index is 0.288. The molecule has 37 heavy (non-hydrogen) atoms. The maximum Gasteiger partial charge on any atom is 0.318 e. The number of anilines is 2. The van der Waals surface area contributed by atoms with Crippen LogP contribution in [0.5, 0.6) is 11.8 Å². The number of ether oxygens (including phenoxy) is 1. The van der Waals surface area contributed by atoms with Gasteiger partial charge in [-0.3, -0.25) is 0 Å². The summed E-state index contributed by atoms with van der Waals surface area (Å²) in [5.74, 6) is 1.32. The van der Waals surface area contributed by atoms with Gasteiger partial charge in [0.2, 0.25) is 0 Å². The zero-order chi connectivity index (χ0) is 25.5. The first-order valence-electron chi connectivity index (χ1n) is 13.7. The first kappa shape index (κ1) is 24.2. The molecule has 1 aromatic heterocycles. The molecule has 3 aliphatic rings. The van der Waals surface area contributed by atoms with E-state index in [4.69, 9.17) is 14.7 Å². The van der Waals surface area contributed by atoms with Crippen molar-refractivity contribution in [1.29, 1.82) is 0 Å². The number of likely N-dealkylation sites (N-methyl/N-ethyl adjacent to an activating group) is 1. The summed E-state index contributed by atoms with van der Waals surface area (Å²) in [7, 11) is 2.17. The van der Waals surface area contributed by atoms with Gasteiger partial charge in [-0.2, -0.15) is 9.97 Å². The van der Waals surface area contributed by atoms with Gasteiger partial charge in [-0.15, -0.1) is 0 Å². The standard InChI is InChI=1S/C29H38N6O2/c1-19-16-35(20(2)15-30-19)28-25-10-12-34(27-14-23(36)13-21-7-4-5-9-24(21)27)17-26(25)31-29(32-28)37-18-22-8-6-11-33(22)3/h4-5,7,9,13-14,19-20,22,30,36H,6,8,10-12,15-18H2,1-3H3/t19-,20+,22+/m1/s1. The number of phenolic OH excluding ortho intramolecular Hbond substituents is 1. The molecule has 2 N–H and O–H groups in total. The molecule has 0 amide bonds. The number of phenols is 1. The molecular weight excluding hydrogens is 464 g/mol. The molecule has 2 aromatic carbocycles. The van der Waals surface area contributed by atoms with Crippen LogP contribution in [-0.4, -0.2) is 77.9 Å². The van der Waals surface area contributed by atoms with Crippen LogP contribution in [0.4, 0.5) is 11.5 Å². The van der Waals surface area contributed by atoms with Gasteiger partial charge in [0, 0.05) is 60.5 Å². The summed E-state index contributed by atoms with van der Waals surface area (Å²) in [5.41, 5.74) is 3.30. The van der Waals surface area contributed by atoms with Crippen LogP contribution in [0.3, 0.4) is 0 Å². The van der Waals surface area contributed by atoms with E-state index < -0.39 is 0 Å². The Morgan fingerprint density at radius 3 is 2.84 bits per heavy atom. The van der Waals surface area contributed by atoms with Crippen LogP contribution in [0.2, 0.25) is 0 Å². The van der Waals surface area contributed by atoms with Gasteiger partial charge in [-0.1, -0.05) is 24.3 Å². The Hall–Kier alpha value is -3.10. The van der Waals surface area contributed by atoms with Gasteiger partial charge in [-0.25, -0.2) is 0 Å². The molecule has 0 radical (unpaired) electrons. The zero-order valence-corrected chi connectivity index (χ0v) is 22.2. The Labute approximate surface area is 219 Å². The third-order valence-electron chi connectivity index (χ3n) is 8.30. The van der Waals surface area contributed by atoms with Crippen molar-refractivity contribution < 1.29 is 9.84 Å². The predicted octanol–water partition coefficient (Wildman–Crippen LogP) is 3.56. The summed E-state index contributed by atoms with van der Waals surface area (Å²) in [5, 5.41) is 16.2. The molecule has 0 unspecified atom stereocenters. The highest BCUT2D eigenvalue weighted by molar-refractivity contribution is 5.95. The molecule has 3 aromatic rings. The lowest BCUT2D eigenvalue weighted by Gasteiger charge is -2.41. The lowest BCUT2D eigenvalue weighted by molar-refractivity contribution is 0.187. The van der Waals surface area contributed by atoms with E-state index in [1.807, 2.05) is 18.2 Å². The van der Waals surface area contributed by atoms with Crippen molar-refractivity contribution in [2.45, 2.75) is 57.8 Å². The van der Waals surface area contributed by atoms with E-state index in [0.29, 0.717) is 37.3 Å². The highest BCUT2D eigenvalue weighted by Gasteiger charge is 2.31. The lowest BCUT2D eigenvalue weighted by atomic mass is 10.0. The normalized spacial score (nSPS) is 24.5. The van der Waals surface area contributed by atoms with Gasteiger partial charge in [0.1, 0.15) is 18.2 Å². The average molecular weight is 503 g/mol. The second kappa shape index (κ2) is 9.99. The first-order chi connectivity index (χ1) is 18.0. The lowest BCUT2D eigenvalue weighted by Crippen LogP contribution is -2.55. The Morgan fingerprint density at radius 1 is 1.14 bits per heavy atom. The quantitative estimate of drug-likeness (QED) is 0.549. The third kappa shape index (κ3) is 4.80. The smallest absolute Gasteiger partial charge is 0.318 e. The minimum atomic E-state index is 0.288. The number of hydrogen-bond acceptors (Lipinski definition) is 8. The molecule has 0 aliphatic carbocycles.